The van der Waals surface area contributed by atoms with Crippen molar-refractivity contribution in [1.29, 1.82) is 5.41 Å². The van der Waals surface area contributed by atoms with E-state index < -0.39 is 0 Å². The molecule has 0 amide bonds. The van der Waals surface area contributed by atoms with Crippen molar-refractivity contribution in [3.63, 3.8) is 0 Å². The SMILES string of the molecule is CC1(C=O)CCC(C=N)CC1. The molecule has 0 bridgehead atoms. The topological polar surface area (TPSA) is 40.9 Å². The van der Waals surface area contributed by atoms with Gasteiger partial charge in [0.05, 0.1) is 0 Å². The van der Waals surface area contributed by atoms with E-state index in [-0.39, 0.29) is 5.41 Å². The molecule has 0 spiro atoms. The molecular weight excluding hydrogens is 138 g/mol. The Morgan fingerprint density at radius 2 is 2.00 bits per heavy atom. The summed E-state index contributed by atoms with van der Waals surface area (Å²) in [6.07, 6.45) is 6.53. The van der Waals surface area contributed by atoms with Crippen molar-refractivity contribution >= 4 is 12.5 Å². The molecule has 2 heteroatoms. The number of hydrogen-bond donors (Lipinski definition) is 1. The van der Waals surface area contributed by atoms with Crippen LogP contribution in [0.2, 0.25) is 0 Å². The first-order valence-electron chi connectivity index (χ1n) is 4.17. The van der Waals surface area contributed by atoms with Crippen LogP contribution in [0, 0.1) is 16.7 Å². The first-order chi connectivity index (χ1) is 5.20. The van der Waals surface area contributed by atoms with E-state index in [4.69, 9.17) is 5.41 Å². The molecule has 62 valence electrons. The van der Waals surface area contributed by atoms with Gasteiger partial charge in [-0.05, 0) is 37.8 Å². The van der Waals surface area contributed by atoms with Crippen molar-refractivity contribution < 1.29 is 4.79 Å². The van der Waals surface area contributed by atoms with E-state index in [0.29, 0.717) is 5.92 Å². The Balaban J connectivity index is 2.46. The summed E-state index contributed by atoms with van der Waals surface area (Å²) >= 11 is 0. The lowest BCUT2D eigenvalue weighted by Gasteiger charge is -2.30. The number of nitrogens with one attached hydrogen (secondary N) is 1. The first-order valence-corrected chi connectivity index (χ1v) is 4.17. The fourth-order valence-corrected chi connectivity index (χ4v) is 1.58. The van der Waals surface area contributed by atoms with E-state index in [9.17, 15) is 4.79 Å². The monoisotopic (exact) mass is 153 g/mol. The van der Waals surface area contributed by atoms with Crippen LogP contribution in [0.4, 0.5) is 0 Å². The Morgan fingerprint density at radius 1 is 1.45 bits per heavy atom. The van der Waals surface area contributed by atoms with Crippen molar-refractivity contribution in [2.24, 2.45) is 11.3 Å². The van der Waals surface area contributed by atoms with Gasteiger partial charge in [-0.15, -0.1) is 0 Å². The minimum atomic E-state index is -0.0838. The molecule has 1 aliphatic rings. The van der Waals surface area contributed by atoms with Crippen LogP contribution in [0.3, 0.4) is 0 Å². The van der Waals surface area contributed by atoms with Crippen LogP contribution >= 0.6 is 0 Å². The van der Waals surface area contributed by atoms with Crippen LogP contribution < -0.4 is 0 Å². The molecule has 1 saturated carbocycles. The zero-order valence-corrected chi connectivity index (χ0v) is 6.97. The lowest BCUT2D eigenvalue weighted by molar-refractivity contribution is -0.117. The van der Waals surface area contributed by atoms with Crippen LogP contribution in [0.1, 0.15) is 32.6 Å². The van der Waals surface area contributed by atoms with Gasteiger partial charge in [0.15, 0.2) is 0 Å². The molecule has 0 unspecified atom stereocenters. The maximum absolute atomic E-state index is 10.6. The molecule has 2 nitrogen and oxygen atoms in total. The summed E-state index contributed by atoms with van der Waals surface area (Å²) in [5.41, 5.74) is -0.0838. The summed E-state index contributed by atoms with van der Waals surface area (Å²) in [7, 11) is 0. The number of hydrogen-bond acceptors (Lipinski definition) is 2. The fraction of sp³-hybridized carbons (Fsp3) is 0.778. The molecule has 0 aromatic carbocycles. The predicted octanol–water partition coefficient (Wildman–Crippen LogP) is 2.03. The fourth-order valence-electron chi connectivity index (χ4n) is 1.58. The van der Waals surface area contributed by atoms with Crippen LogP contribution in [-0.2, 0) is 4.79 Å². The van der Waals surface area contributed by atoms with Crippen LogP contribution in [-0.4, -0.2) is 12.5 Å². The van der Waals surface area contributed by atoms with E-state index in [1.54, 1.807) is 0 Å². The van der Waals surface area contributed by atoms with Gasteiger partial charge >= 0.3 is 0 Å². The minimum Gasteiger partial charge on any atom is -0.313 e. The zero-order chi connectivity index (χ0) is 8.32. The van der Waals surface area contributed by atoms with Gasteiger partial charge in [-0.2, -0.15) is 0 Å². The average molecular weight is 153 g/mol. The van der Waals surface area contributed by atoms with Crippen molar-refractivity contribution in [3.8, 4) is 0 Å². The Bertz CT molecular complexity index is 157. The molecule has 0 aromatic heterocycles. The molecule has 1 aliphatic carbocycles. The quantitative estimate of drug-likeness (QED) is 0.478. The minimum absolute atomic E-state index is 0.0838. The molecular formula is C9H15NO. The Kier molecular flexibility index (Phi) is 2.42. The van der Waals surface area contributed by atoms with Crippen LogP contribution in [0.15, 0.2) is 0 Å². The first kappa shape index (κ1) is 8.44. The van der Waals surface area contributed by atoms with Crippen LogP contribution in [0.25, 0.3) is 0 Å². The zero-order valence-electron chi connectivity index (χ0n) is 6.97. The highest BCUT2D eigenvalue weighted by Crippen LogP contribution is 2.35. The summed E-state index contributed by atoms with van der Waals surface area (Å²) in [6, 6.07) is 0. The predicted molar refractivity (Wildman–Crippen MR) is 44.9 cm³/mol. The van der Waals surface area contributed by atoms with Gasteiger partial charge in [0.25, 0.3) is 0 Å². The Labute approximate surface area is 67.5 Å². The molecule has 0 saturated heterocycles. The molecule has 0 aromatic rings. The van der Waals surface area contributed by atoms with Crippen molar-refractivity contribution in [2.45, 2.75) is 32.6 Å². The third-order valence-corrected chi connectivity index (χ3v) is 2.69. The second-order valence-corrected chi connectivity index (χ2v) is 3.78. The summed E-state index contributed by atoms with van der Waals surface area (Å²) in [5, 5.41) is 7.07. The van der Waals surface area contributed by atoms with Crippen LogP contribution in [0.5, 0.6) is 0 Å². The second-order valence-electron chi connectivity index (χ2n) is 3.78. The van der Waals surface area contributed by atoms with Gasteiger partial charge in [-0.3, -0.25) is 0 Å². The summed E-state index contributed by atoms with van der Waals surface area (Å²) in [6.45, 7) is 2.01. The summed E-state index contributed by atoms with van der Waals surface area (Å²) < 4.78 is 0. The van der Waals surface area contributed by atoms with Crippen molar-refractivity contribution in [2.75, 3.05) is 0 Å². The molecule has 1 rings (SSSR count). The average Bonchev–Trinajstić information content (AvgIpc) is 2.06. The van der Waals surface area contributed by atoms with Gasteiger partial charge in [-0.25, -0.2) is 0 Å². The Morgan fingerprint density at radius 3 is 2.36 bits per heavy atom. The normalized spacial score (nSPS) is 38.1. The molecule has 1 N–H and O–H groups in total. The lowest BCUT2D eigenvalue weighted by Crippen LogP contribution is -2.26. The smallest absolute Gasteiger partial charge is 0.125 e. The van der Waals surface area contributed by atoms with E-state index in [0.717, 1.165) is 32.0 Å². The maximum atomic E-state index is 10.6. The molecule has 0 aliphatic heterocycles. The second kappa shape index (κ2) is 3.16. The molecule has 0 radical (unpaired) electrons. The molecule has 1 fully saturated rings. The van der Waals surface area contributed by atoms with Gasteiger partial charge < -0.3 is 10.2 Å². The largest absolute Gasteiger partial charge is 0.313 e. The molecule has 0 atom stereocenters. The van der Waals surface area contributed by atoms with Gasteiger partial charge in [0.2, 0.25) is 0 Å². The summed E-state index contributed by atoms with van der Waals surface area (Å²) in [5.74, 6) is 0.433. The number of rotatable bonds is 2. The highest BCUT2D eigenvalue weighted by atomic mass is 16.1. The van der Waals surface area contributed by atoms with Gasteiger partial charge in [-0.1, -0.05) is 6.92 Å². The number of carbonyl (C=O) groups is 1. The summed E-state index contributed by atoms with van der Waals surface area (Å²) in [4.78, 5) is 10.6. The van der Waals surface area contributed by atoms with E-state index in [1.807, 2.05) is 6.92 Å². The third kappa shape index (κ3) is 1.88. The standard InChI is InChI=1S/C9H15NO/c1-9(7-11)4-2-8(6-10)3-5-9/h6-8,10H,2-5H2,1H3. The van der Waals surface area contributed by atoms with E-state index in [1.165, 1.54) is 6.21 Å². The third-order valence-electron chi connectivity index (χ3n) is 2.69. The van der Waals surface area contributed by atoms with Crippen molar-refractivity contribution in [1.82, 2.24) is 0 Å². The lowest BCUT2D eigenvalue weighted by atomic mass is 9.73. The van der Waals surface area contributed by atoms with Gasteiger partial charge in [0, 0.05) is 5.41 Å². The highest BCUT2D eigenvalue weighted by Gasteiger charge is 2.29. The van der Waals surface area contributed by atoms with Gasteiger partial charge in [0.1, 0.15) is 6.29 Å². The number of carbonyl (C=O) groups excluding carboxylic acids is 1. The number of aldehydes is 1. The molecule has 0 heterocycles. The van der Waals surface area contributed by atoms with E-state index >= 15 is 0 Å². The van der Waals surface area contributed by atoms with E-state index in [2.05, 4.69) is 0 Å². The highest BCUT2D eigenvalue weighted by molar-refractivity contribution is 5.61. The van der Waals surface area contributed by atoms with Crippen molar-refractivity contribution in [3.05, 3.63) is 0 Å². The maximum Gasteiger partial charge on any atom is 0.125 e. The molecule has 11 heavy (non-hydrogen) atoms. The Hall–Kier alpha value is -0.660.